The summed E-state index contributed by atoms with van der Waals surface area (Å²) in [6.45, 7) is 0. The standard InChI is InChI=1S/C14H8ClF4NO/c15-10-5-7(1-4-12(10)20)13(21)9-6-8(14(17,18)19)2-3-11(9)16/h1-6H,20H2. The molecule has 0 amide bonds. The molecule has 110 valence electrons. The van der Waals surface area contributed by atoms with Crippen molar-refractivity contribution in [3.8, 4) is 0 Å². The number of nitrogens with two attached hydrogens (primary N) is 1. The third kappa shape index (κ3) is 3.16. The van der Waals surface area contributed by atoms with Crippen molar-refractivity contribution in [2.24, 2.45) is 0 Å². The largest absolute Gasteiger partial charge is 0.416 e. The molecule has 0 spiro atoms. The van der Waals surface area contributed by atoms with Gasteiger partial charge in [0.2, 0.25) is 0 Å². The minimum atomic E-state index is -4.67. The molecule has 0 aliphatic heterocycles. The van der Waals surface area contributed by atoms with Crippen LogP contribution < -0.4 is 5.73 Å². The van der Waals surface area contributed by atoms with E-state index in [0.717, 1.165) is 0 Å². The van der Waals surface area contributed by atoms with Gasteiger partial charge < -0.3 is 5.73 Å². The van der Waals surface area contributed by atoms with Crippen LogP contribution in [-0.2, 0) is 6.18 Å². The lowest BCUT2D eigenvalue weighted by Gasteiger charge is -2.09. The van der Waals surface area contributed by atoms with Gasteiger partial charge in [-0.2, -0.15) is 13.2 Å². The summed E-state index contributed by atoms with van der Waals surface area (Å²) in [7, 11) is 0. The second-order valence-corrected chi connectivity index (χ2v) is 4.67. The summed E-state index contributed by atoms with van der Waals surface area (Å²) in [6.07, 6.45) is -4.67. The summed E-state index contributed by atoms with van der Waals surface area (Å²) >= 11 is 5.74. The molecule has 0 atom stereocenters. The third-order valence-corrected chi connectivity index (χ3v) is 3.13. The lowest BCUT2D eigenvalue weighted by Crippen LogP contribution is -2.10. The van der Waals surface area contributed by atoms with Crippen molar-refractivity contribution >= 4 is 23.1 Å². The highest BCUT2D eigenvalue weighted by Gasteiger charge is 2.32. The fourth-order valence-corrected chi connectivity index (χ4v) is 1.88. The molecular weight excluding hydrogens is 310 g/mol. The van der Waals surface area contributed by atoms with Crippen molar-refractivity contribution in [1.29, 1.82) is 0 Å². The second kappa shape index (κ2) is 5.37. The van der Waals surface area contributed by atoms with E-state index in [0.29, 0.717) is 18.2 Å². The van der Waals surface area contributed by atoms with Crippen molar-refractivity contribution in [3.05, 3.63) is 63.9 Å². The van der Waals surface area contributed by atoms with E-state index in [4.69, 9.17) is 17.3 Å². The maximum Gasteiger partial charge on any atom is 0.416 e. The fourth-order valence-electron chi connectivity index (χ4n) is 1.70. The zero-order valence-corrected chi connectivity index (χ0v) is 11.1. The lowest BCUT2D eigenvalue weighted by molar-refractivity contribution is -0.137. The monoisotopic (exact) mass is 317 g/mol. The molecule has 2 aromatic carbocycles. The number of carbonyl (C=O) groups excluding carboxylic acids is 1. The van der Waals surface area contributed by atoms with Crippen LogP contribution in [0.2, 0.25) is 5.02 Å². The van der Waals surface area contributed by atoms with Crippen LogP contribution in [0.3, 0.4) is 0 Å². The number of alkyl halides is 3. The Bertz CT molecular complexity index is 713. The predicted molar refractivity (Wildman–Crippen MR) is 70.7 cm³/mol. The topological polar surface area (TPSA) is 43.1 Å². The van der Waals surface area contributed by atoms with Gasteiger partial charge >= 0.3 is 6.18 Å². The summed E-state index contributed by atoms with van der Waals surface area (Å²) < 4.78 is 51.5. The van der Waals surface area contributed by atoms with Crippen LogP contribution in [0.5, 0.6) is 0 Å². The summed E-state index contributed by atoms with van der Waals surface area (Å²) in [5, 5.41) is 0.0632. The Hall–Kier alpha value is -2.08. The lowest BCUT2D eigenvalue weighted by atomic mass is 10.0. The Morgan fingerprint density at radius 3 is 2.33 bits per heavy atom. The zero-order chi connectivity index (χ0) is 15.8. The van der Waals surface area contributed by atoms with Crippen LogP contribution in [0.15, 0.2) is 36.4 Å². The molecule has 0 saturated carbocycles. The highest BCUT2D eigenvalue weighted by molar-refractivity contribution is 6.33. The van der Waals surface area contributed by atoms with E-state index in [2.05, 4.69) is 0 Å². The SMILES string of the molecule is Nc1ccc(C(=O)c2cc(C(F)(F)F)ccc2F)cc1Cl. The first kappa shape index (κ1) is 15.3. The van der Waals surface area contributed by atoms with Crippen LogP contribution in [0.4, 0.5) is 23.2 Å². The first-order valence-corrected chi connectivity index (χ1v) is 6.04. The molecule has 2 N–H and O–H groups in total. The van der Waals surface area contributed by atoms with Crippen molar-refractivity contribution in [1.82, 2.24) is 0 Å². The maximum absolute atomic E-state index is 13.6. The molecule has 0 unspecified atom stereocenters. The first-order valence-electron chi connectivity index (χ1n) is 5.66. The van der Waals surface area contributed by atoms with Crippen LogP contribution in [-0.4, -0.2) is 5.78 Å². The molecule has 2 nitrogen and oxygen atoms in total. The van der Waals surface area contributed by atoms with Crippen LogP contribution in [0, 0.1) is 5.82 Å². The quantitative estimate of drug-likeness (QED) is 0.509. The number of halogens is 5. The van der Waals surface area contributed by atoms with Gasteiger partial charge in [-0.05, 0) is 36.4 Å². The molecule has 2 aromatic rings. The van der Waals surface area contributed by atoms with Crippen molar-refractivity contribution < 1.29 is 22.4 Å². The smallest absolute Gasteiger partial charge is 0.398 e. The second-order valence-electron chi connectivity index (χ2n) is 4.26. The number of benzene rings is 2. The van der Waals surface area contributed by atoms with E-state index in [1.807, 2.05) is 0 Å². The number of anilines is 1. The van der Waals surface area contributed by atoms with E-state index in [1.54, 1.807) is 0 Å². The third-order valence-electron chi connectivity index (χ3n) is 2.80. The highest BCUT2D eigenvalue weighted by atomic mass is 35.5. The number of ketones is 1. The molecule has 21 heavy (non-hydrogen) atoms. The van der Waals surface area contributed by atoms with Crippen LogP contribution in [0.25, 0.3) is 0 Å². The summed E-state index contributed by atoms with van der Waals surface area (Å²) in [6, 6.07) is 5.42. The van der Waals surface area contributed by atoms with Gasteiger partial charge in [0.1, 0.15) is 5.82 Å². The molecular formula is C14H8ClF4NO. The van der Waals surface area contributed by atoms with Gasteiger partial charge in [-0.1, -0.05) is 11.6 Å². The van der Waals surface area contributed by atoms with E-state index >= 15 is 0 Å². The highest BCUT2D eigenvalue weighted by Crippen LogP contribution is 2.31. The first-order chi connectivity index (χ1) is 9.70. The molecule has 0 aliphatic carbocycles. The molecule has 0 heterocycles. The minimum Gasteiger partial charge on any atom is -0.398 e. The van der Waals surface area contributed by atoms with Crippen molar-refractivity contribution in [3.63, 3.8) is 0 Å². The Kier molecular flexibility index (Phi) is 3.91. The normalized spacial score (nSPS) is 11.5. The number of rotatable bonds is 2. The predicted octanol–water partition coefficient (Wildman–Crippen LogP) is 4.31. The number of hydrogen-bond acceptors (Lipinski definition) is 2. The Morgan fingerprint density at radius 2 is 1.76 bits per heavy atom. The van der Waals surface area contributed by atoms with Gasteiger partial charge in [0.15, 0.2) is 5.78 Å². The Labute approximate surface area is 122 Å². The van der Waals surface area contributed by atoms with Gasteiger partial charge in [-0.25, -0.2) is 4.39 Å². The number of nitrogen functional groups attached to an aromatic ring is 1. The number of hydrogen-bond donors (Lipinski definition) is 1. The zero-order valence-electron chi connectivity index (χ0n) is 10.3. The average molecular weight is 318 g/mol. The maximum atomic E-state index is 13.6. The molecule has 2 rings (SSSR count). The summed E-state index contributed by atoms with van der Waals surface area (Å²) in [5.74, 6) is -1.94. The van der Waals surface area contributed by atoms with Gasteiger partial charge in [0.05, 0.1) is 21.8 Å². The number of carbonyl (C=O) groups is 1. The van der Waals surface area contributed by atoms with Gasteiger partial charge in [-0.15, -0.1) is 0 Å². The van der Waals surface area contributed by atoms with Crippen LogP contribution >= 0.6 is 11.6 Å². The van der Waals surface area contributed by atoms with Crippen molar-refractivity contribution in [2.45, 2.75) is 6.18 Å². The molecule has 0 aliphatic rings. The Morgan fingerprint density at radius 1 is 1.10 bits per heavy atom. The van der Waals surface area contributed by atoms with Gasteiger partial charge in [-0.3, -0.25) is 4.79 Å². The van der Waals surface area contributed by atoms with Crippen LogP contribution in [0.1, 0.15) is 21.5 Å². The van der Waals surface area contributed by atoms with E-state index < -0.39 is 28.9 Å². The molecule has 0 saturated heterocycles. The molecule has 0 aromatic heterocycles. The summed E-state index contributed by atoms with van der Waals surface area (Å²) in [5.41, 5.74) is 3.85. The van der Waals surface area contributed by atoms with E-state index in [1.165, 1.54) is 18.2 Å². The van der Waals surface area contributed by atoms with E-state index in [-0.39, 0.29) is 16.3 Å². The molecule has 0 radical (unpaired) electrons. The summed E-state index contributed by atoms with van der Waals surface area (Å²) in [4.78, 5) is 12.1. The fraction of sp³-hybridized carbons (Fsp3) is 0.0714. The van der Waals surface area contributed by atoms with E-state index in [9.17, 15) is 22.4 Å². The van der Waals surface area contributed by atoms with Gasteiger partial charge in [0, 0.05) is 5.56 Å². The molecule has 0 fully saturated rings. The molecule has 7 heteroatoms. The Balaban J connectivity index is 2.50. The average Bonchev–Trinajstić information content (AvgIpc) is 2.40. The molecule has 0 bridgehead atoms. The van der Waals surface area contributed by atoms with Gasteiger partial charge in [0.25, 0.3) is 0 Å². The van der Waals surface area contributed by atoms with Crippen molar-refractivity contribution in [2.75, 3.05) is 5.73 Å². The minimum absolute atomic E-state index is 0.0487.